The van der Waals surface area contributed by atoms with Crippen molar-refractivity contribution in [1.29, 1.82) is 0 Å². The van der Waals surface area contributed by atoms with E-state index in [1.165, 1.54) is 0 Å². The van der Waals surface area contributed by atoms with Crippen LogP contribution in [0.3, 0.4) is 0 Å². The van der Waals surface area contributed by atoms with Gasteiger partial charge in [0.25, 0.3) is 0 Å². The Hall–Kier alpha value is -3.77. The van der Waals surface area contributed by atoms with E-state index in [1.54, 1.807) is 16.4 Å². The molecule has 0 spiro atoms. The highest BCUT2D eigenvalue weighted by molar-refractivity contribution is 6.40. The van der Waals surface area contributed by atoms with Crippen molar-refractivity contribution in [3.63, 3.8) is 0 Å². The highest BCUT2D eigenvalue weighted by Gasteiger charge is 2.33. The van der Waals surface area contributed by atoms with Crippen molar-refractivity contribution in [1.82, 2.24) is 20.3 Å². The molecular formula is C33H34Cl2N4O6. The van der Waals surface area contributed by atoms with Gasteiger partial charge in [0.15, 0.2) is 11.4 Å². The maximum atomic E-state index is 12.2. The normalized spacial score (nSPS) is 18.0. The standard InChI is InChI=1S/C33H34Cl2N4O6/c34-31-32(35)39(20-37-31)18-27-16-28(24-9-7-21(19-40)8-10-24)45-33(44-27)25-13-11-23(12-14-25)26-4-1-3-22(15-26)17-36-29(41)5-2-6-30(42)38-43/h1,3-4,7-15,20,27-28,33,40,43H,2,5-6,16-19H2,(H,36,41)(H,38,42)/t27-,28+,33+/m0/s1. The van der Waals surface area contributed by atoms with E-state index >= 15 is 0 Å². The third-order valence-corrected chi connectivity index (χ3v) is 8.38. The number of amides is 2. The predicted octanol–water partition coefficient (Wildman–Crippen LogP) is 5.89. The minimum atomic E-state index is -0.636. The van der Waals surface area contributed by atoms with Gasteiger partial charge >= 0.3 is 0 Å². The lowest BCUT2D eigenvalue weighted by Crippen LogP contribution is -2.32. The molecule has 0 radical (unpaired) electrons. The maximum absolute atomic E-state index is 12.2. The van der Waals surface area contributed by atoms with Gasteiger partial charge in [-0.15, -0.1) is 0 Å². The van der Waals surface area contributed by atoms with Crippen molar-refractivity contribution < 1.29 is 29.4 Å². The summed E-state index contributed by atoms with van der Waals surface area (Å²) in [7, 11) is 0. The van der Waals surface area contributed by atoms with E-state index in [9.17, 15) is 14.7 Å². The van der Waals surface area contributed by atoms with E-state index in [0.29, 0.717) is 31.1 Å². The Morgan fingerprint density at radius 3 is 2.33 bits per heavy atom. The number of aromatic nitrogens is 2. The number of aliphatic hydroxyl groups is 1. The molecular weight excluding hydrogens is 619 g/mol. The summed E-state index contributed by atoms with van der Waals surface area (Å²) in [6.45, 7) is 0.773. The lowest BCUT2D eigenvalue weighted by atomic mass is 9.99. The number of hydrogen-bond donors (Lipinski definition) is 4. The minimum absolute atomic E-state index is 0.0304. The number of rotatable bonds is 12. The van der Waals surface area contributed by atoms with Crippen LogP contribution in [0.25, 0.3) is 11.1 Å². The summed E-state index contributed by atoms with van der Waals surface area (Å²) in [5.41, 5.74) is 7.14. The predicted molar refractivity (Wildman–Crippen MR) is 168 cm³/mol. The summed E-state index contributed by atoms with van der Waals surface area (Å²) < 4.78 is 14.6. The Bertz CT molecular complexity index is 1600. The average Bonchev–Trinajstić information content (AvgIpc) is 3.39. The number of carbonyl (C=O) groups excluding carboxylic acids is 2. The third-order valence-electron chi connectivity index (χ3n) is 7.61. The summed E-state index contributed by atoms with van der Waals surface area (Å²) in [6, 6.07) is 23.6. The number of aliphatic hydroxyl groups excluding tert-OH is 1. The summed E-state index contributed by atoms with van der Waals surface area (Å²) >= 11 is 12.4. The van der Waals surface area contributed by atoms with Crippen molar-refractivity contribution in [3.8, 4) is 11.1 Å². The van der Waals surface area contributed by atoms with Crippen molar-refractivity contribution in [2.75, 3.05) is 0 Å². The molecule has 45 heavy (non-hydrogen) atoms. The van der Waals surface area contributed by atoms with Crippen molar-refractivity contribution in [2.45, 2.75) is 63.9 Å². The fourth-order valence-electron chi connectivity index (χ4n) is 5.17. The van der Waals surface area contributed by atoms with Gasteiger partial charge in [0.1, 0.15) is 5.15 Å². The molecule has 12 heteroatoms. The first kappa shape index (κ1) is 32.6. The van der Waals surface area contributed by atoms with Crippen LogP contribution in [0.1, 0.15) is 60.3 Å². The second kappa shape index (κ2) is 15.5. The topological polar surface area (TPSA) is 135 Å². The number of imidazole rings is 1. The number of halogens is 2. The van der Waals surface area contributed by atoms with E-state index < -0.39 is 12.2 Å². The highest BCUT2D eigenvalue weighted by Crippen LogP contribution is 2.39. The molecule has 236 valence electrons. The number of ether oxygens (including phenoxy) is 2. The Labute approximate surface area is 270 Å². The summed E-state index contributed by atoms with van der Waals surface area (Å²) in [4.78, 5) is 27.4. The van der Waals surface area contributed by atoms with Crippen LogP contribution < -0.4 is 10.8 Å². The molecule has 3 aromatic carbocycles. The average molecular weight is 654 g/mol. The zero-order chi connectivity index (χ0) is 31.8. The van der Waals surface area contributed by atoms with Crippen LogP contribution in [0.5, 0.6) is 0 Å². The van der Waals surface area contributed by atoms with Gasteiger partial charge < -0.3 is 24.5 Å². The molecule has 5 rings (SSSR count). The van der Waals surface area contributed by atoms with Crippen LogP contribution in [-0.2, 0) is 38.8 Å². The molecule has 1 saturated heterocycles. The molecule has 3 atom stereocenters. The molecule has 4 aromatic rings. The summed E-state index contributed by atoms with van der Waals surface area (Å²) in [5, 5.41) is 21.5. The summed E-state index contributed by atoms with van der Waals surface area (Å²) in [6.07, 6.45) is 1.67. The van der Waals surface area contributed by atoms with Crippen LogP contribution in [0.2, 0.25) is 10.3 Å². The Morgan fingerprint density at radius 1 is 0.911 bits per heavy atom. The van der Waals surface area contributed by atoms with E-state index in [-0.39, 0.29) is 42.7 Å². The van der Waals surface area contributed by atoms with Gasteiger partial charge in [-0.05, 0) is 40.3 Å². The SMILES string of the molecule is O=C(CCCC(=O)NCc1cccc(-c2ccc([C@@H]3O[C@H](Cn4cnc(Cl)c4Cl)C[C@H](c4ccc(CO)cc4)O3)cc2)c1)NO. The highest BCUT2D eigenvalue weighted by atomic mass is 35.5. The van der Waals surface area contributed by atoms with Crippen molar-refractivity contribution >= 4 is 35.0 Å². The zero-order valence-corrected chi connectivity index (χ0v) is 25.9. The molecule has 1 aliphatic rings. The van der Waals surface area contributed by atoms with Crippen molar-refractivity contribution in [3.05, 3.63) is 112 Å². The monoisotopic (exact) mass is 652 g/mol. The molecule has 0 bridgehead atoms. The number of nitrogens with one attached hydrogen (secondary N) is 2. The minimum Gasteiger partial charge on any atom is -0.392 e. The van der Waals surface area contributed by atoms with Crippen LogP contribution in [-0.4, -0.2) is 37.8 Å². The van der Waals surface area contributed by atoms with Gasteiger partial charge in [0, 0.05) is 31.4 Å². The number of hydroxylamine groups is 1. The summed E-state index contributed by atoms with van der Waals surface area (Å²) in [5.74, 6) is -0.677. The second-order valence-corrected chi connectivity index (χ2v) is 11.5. The largest absolute Gasteiger partial charge is 0.392 e. The quantitative estimate of drug-likeness (QED) is 0.111. The molecule has 1 fully saturated rings. The first-order valence-corrected chi connectivity index (χ1v) is 15.3. The van der Waals surface area contributed by atoms with Crippen LogP contribution in [0.15, 0.2) is 79.1 Å². The zero-order valence-electron chi connectivity index (χ0n) is 24.4. The molecule has 2 amide bonds. The van der Waals surface area contributed by atoms with Gasteiger partial charge in [-0.1, -0.05) is 89.9 Å². The number of carbonyl (C=O) groups is 2. The fourth-order valence-corrected chi connectivity index (χ4v) is 5.48. The van der Waals surface area contributed by atoms with E-state index in [4.69, 9.17) is 37.9 Å². The van der Waals surface area contributed by atoms with Gasteiger partial charge in [-0.25, -0.2) is 10.5 Å². The van der Waals surface area contributed by atoms with Crippen molar-refractivity contribution in [2.24, 2.45) is 0 Å². The Balaban J connectivity index is 1.27. The van der Waals surface area contributed by atoms with Gasteiger partial charge in [-0.3, -0.25) is 14.8 Å². The molecule has 0 unspecified atom stereocenters. The fraction of sp³-hybridized carbons (Fsp3) is 0.303. The molecule has 4 N–H and O–H groups in total. The Morgan fingerprint density at radius 2 is 1.64 bits per heavy atom. The molecule has 10 nitrogen and oxygen atoms in total. The third kappa shape index (κ3) is 8.70. The van der Waals surface area contributed by atoms with Crippen LogP contribution in [0, 0.1) is 0 Å². The number of benzene rings is 3. The van der Waals surface area contributed by atoms with Gasteiger partial charge in [-0.2, -0.15) is 0 Å². The first-order valence-electron chi connectivity index (χ1n) is 14.6. The molecule has 1 aromatic heterocycles. The van der Waals surface area contributed by atoms with Gasteiger partial charge in [0.2, 0.25) is 11.8 Å². The number of hydrogen-bond acceptors (Lipinski definition) is 7. The van der Waals surface area contributed by atoms with E-state index in [2.05, 4.69) is 10.3 Å². The van der Waals surface area contributed by atoms with E-state index in [0.717, 1.165) is 33.4 Å². The Kier molecular flexibility index (Phi) is 11.2. The molecule has 0 saturated carbocycles. The van der Waals surface area contributed by atoms with E-state index in [1.807, 2.05) is 72.8 Å². The first-order chi connectivity index (χ1) is 21.8. The van der Waals surface area contributed by atoms with Gasteiger partial charge in [0.05, 0.1) is 31.7 Å². The second-order valence-electron chi connectivity index (χ2n) is 10.8. The lowest BCUT2D eigenvalue weighted by molar-refractivity contribution is -0.252. The molecule has 1 aliphatic heterocycles. The van der Waals surface area contributed by atoms with Crippen LogP contribution in [0.4, 0.5) is 0 Å². The molecule has 0 aliphatic carbocycles. The number of nitrogens with zero attached hydrogens (tertiary/aromatic N) is 2. The maximum Gasteiger partial charge on any atom is 0.243 e. The van der Waals surface area contributed by atoms with Crippen LogP contribution >= 0.6 is 23.2 Å². The smallest absolute Gasteiger partial charge is 0.243 e. The lowest BCUT2D eigenvalue weighted by Gasteiger charge is -2.36. The molecule has 2 heterocycles.